The Kier molecular flexibility index (Phi) is 3.40. The van der Waals surface area contributed by atoms with E-state index in [2.05, 4.69) is 20.1 Å². The lowest BCUT2D eigenvalue weighted by molar-refractivity contribution is -0.137. The fourth-order valence-electron chi connectivity index (χ4n) is 1.68. The average Bonchev–Trinajstić information content (AvgIpc) is 3.07. The molecule has 0 saturated heterocycles. The normalized spacial score (nSPS) is 16.3. The molecule has 1 aliphatic carbocycles. The van der Waals surface area contributed by atoms with Gasteiger partial charge in [0, 0.05) is 6.20 Å². The summed E-state index contributed by atoms with van der Waals surface area (Å²) in [4.78, 5) is 12.0. The van der Waals surface area contributed by atoms with Crippen LogP contribution in [0.4, 0.5) is 13.2 Å². The molecule has 0 atom stereocenters. The highest BCUT2D eigenvalue weighted by molar-refractivity contribution is 6.33. The van der Waals surface area contributed by atoms with Gasteiger partial charge < -0.3 is 0 Å². The first-order valence-corrected chi connectivity index (χ1v) is 6.49. The second kappa shape index (κ2) is 5.10. The number of pyridine rings is 1. The Morgan fingerprint density at radius 3 is 2.67 bits per heavy atom. The van der Waals surface area contributed by atoms with E-state index in [0.29, 0.717) is 5.84 Å². The van der Waals surface area contributed by atoms with Gasteiger partial charge in [0.25, 0.3) is 0 Å². The summed E-state index contributed by atoms with van der Waals surface area (Å²) in [5.74, 6) is 0.300. The Morgan fingerprint density at radius 1 is 1.38 bits per heavy atom. The summed E-state index contributed by atoms with van der Waals surface area (Å²) < 4.78 is 39.3. The van der Waals surface area contributed by atoms with E-state index >= 15 is 0 Å². The molecule has 0 aliphatic heterocycles. The molecule has 110 valence electrons. The Morgan fingerprint density at radius 2 is 2.14 bits per heavy atom. The van der Waals surface area contributed by atoms with Gasteiger partial charge in [0.05, 0.1) is 16.6 Å². The summed E-state index contributed by atoms with van der Waals surface area (Å²) in [7, 11) is 0. The van der Waals surface area contributed by atoms with Gasteiger partial charge in [-0.05, 0) is 18.9 Å². The molecule has 9 heteroatoms. The fraction of sp³-hybridized carbons (Fsp3) is 0.333. The molecular formula is C12H9ClF3N5. The Balaban J connectivity index is 2.04. The zero-order valence-electron chi connectivity index (χ0n) is 10.5. The van der Waals surface area contributed by atoms with Crippen LogP contribution in [0.25, 0.3) is 0 Å². The van der Waals surface area contributed by atoms with Crippen LogP contribution in [-0.4, -0.2) is 31.6 Å². The first-order valence-electron chi connectivity index (χ1n) is 6.11. The van der Waals surface area contributed by atoms with Crippen molar-refractivity contribution in [2.45, 2.75) is 25.1 Å². The highest BCUT2D eigenvalue weighted by Gasteiger charge is 2.32. The van der Waals surface area contributed by atoms with Crippen LogP contribution < -0.4 is 0 Å². The highest BCUT2D eigenvalue weighted by atomic mass is 35.5. The summed E-state index contributed by atoms with van der Waals surface area (Å²) in [6, 6.07) is 0.966. The second-order valence-corrected chi connectivity index (χ2v) is 4.98. The van der Waals surface area contributed by atoms with Gasteiger partial charge in [-0.15, -0.1) is 0 Å². The highest BCUT2D eigenvalue weighted by Crippen LogP contribution is 2.32. The molecule has 2 aromatic rings. The van der Waals surface area contributed by atoms with E-state index in [0.717, 1.165) is 25.1 Å². The number of aliphatic imine (C=N–C) groups is 1. The van der Waals surface area contributed by atoms with Gasteiger partial charge in [0.1, 0.15) is 18.3 Å². The van der Waals surface area contributed by atoms with E-state index in [1.165, 1.54) is 17.3 Å². The van der Waals surface area contributed by atoms with Gasteiger partial charge in [0.2, 0.25) is 0 Å². The predicted molar refractivity (Wildman–Crippen MR) is 69.2 cm³/mol. The van der Waals surface area contributed by atoms with E-state index in [-0.39, 0.29) is 16.8 Å². The lowest BCUT2D eigenvalue weighted by Gasteiger charge is -2.10. The fourth-order valence-corrected chi connectivity index (χ4v) is 1.93. The topological polar surface area (TPSA) is 56.0 Å². The summed E-state index contributed by atoms with van der Waals surface area (Å²) in [5, 5.41) is 3.81. The monoisotopic (exact) mass is 315 g/mol. The van der Waals surface area contributed by atoms with Crippen LogP contribution in [0.1, 0.15) is 24.1 Å². The van der Waals surface area contributed by atoms with Gasteiger partial charge in [-0.1, -0.05) is 11.6 Å². The third kappa shape index (κ3) is 3.05. The van der Waals surface area contributed by atoms with E-state index < -0.39 is 11.7 Å². The van der Waals surface area contributed by atoms with Crippen molar-refractivity contribution in [3.63, 3.8) is 0 Å². The molecule has 0 N–H and O–H groups in total. The van der Waals surface area contributed by atoms with E-state index in [4.69, 9.17) is 11.6 Å². The van der Waals surface area contributed by atoms with E-state index in [1.807, 2.05) is 0 Å². The van der Waals surface area contributed by atoms with E-state index in [1.54, 1.807) is 0 Å². The van der Waals surface area contributed by atoms with E-state index in [9.17, 15) is 13.2 Å². The standard InChI is InChI=1S/C12H9ClF3N5/c13-9-3-7(12(14,15)16)4-18-10(9)11(20-8-1-2-8)21-6-17-5-19-21/h3-6,8H,1-2H2. The molecule has 3 rings (SSSR count). The van der Waals surface area contributed by atoms with Crippen molar-refractivity contribution in [3.8, 4) is 0 Å². The third-order valence-electron chi connectivity index (χ3n) is 2.87. The molecule has 0 radical (unpaired) electrons. The van der Waals surface area contributed by atoms with Gasteiger partial charge in [-0.2, -0.15) is 18.3 Å². The van der Waals surface area contributed by atoms with Crippen LogP contribution in [-0.2, 0) is 6.18 Å². The zero-order chi connectivity index (χ0) is 15.0. The number of hydrogen-bond donors (Lipinski definition) is 0. The van der Waals surface area contributed by atoms with Crippen molar-refractivity contribution in [2.24, 2.45) is 4.99 Å². The van der Waals surface area contributed by atoms with Gasteiger partial charge >= 0.3 is 6.18 Å². The molecular weight excluding hydrogens is 307 g/mol. The lowest BCUT2D eigenvalue weighted by Crippen LogP contribution is -2.18. The Labute approximate surface area is 122 Å². The molecule has 0 amide bonds. The molecule has 0 aromatic carbocycles. The SMILES string of the molecule is FC(F)(F)c1cnc(C(=NC2CC2)n2cncn2)c(Cl)c1. The smallest absolute Gasteiger partial charge is 0.261 e. The number of halogens is 4. The Bertz CT molecular complexity index is 677. The van der Waals surface area contributed by atoms with Crippen LogP contribution in [0.2, 0.25) is 5.02 Å². The molecule has 1 saturated carbocycles. The molecule has 1 aliphatic rings. The molecule has 1 fully saturated rings. The molecule has 0 spiro atoms. The largest absolute Gasteiger partial charge is 0.417 e. The summed E-state index contributed by atoms with van der Waals surface area (Å²) >= 11 is 5.95. The minimum Gasteiger partial charge on any atom is -0.261 e. The number of alkyl halides is 3. The van der Waals surface area contributed by atoms with Gasteiger partial charge in [-0.25, -0.2) is 9.67 Å². The van der Waals surface area contributed by atoms with Crippen molar-refractivity contribution in [1.29, 1.82) is 0 Å². The first-order chi connectivity index (χ1) is 9.95. The van der Waals surface area contributed by atoms with Crippen molar-refractivity contribution in [1.82, 2.24) is 19.7 Å². The number of hydrogen-bond acceptors (Lipinski definition) is 4. The maximum Gasteiger partial charge on any atom is 0.417 e. The number of nitrogens with zero attached hydrogens (tertiary/aromatic N) is 5. The summed E-state index contributed by atoms with van der Waals surface area (Å²) in [5.41, 5.74) is -0.748. The first kappa shape index (κ1) is 14.0. The minimum atomic E-state index is -4.49. The van der Waals surface area contributed by atoms with Crippen LogP contribution in [0.15, 0.2) is 29.9 Å². The average molecular weight is 316 g/mol. The molecule has 2 heterocycles. The van der Waals surface area contributed by atoms with Crippen molar-refractivity contribution in [2.75, 3.05) is 0 Å². The lowest BCUT2D eigenvalue weighted by atomic mass is 10.2. The number of aromatic nitrogens is 4. The minimum absolute atomic E-state index is 0.125. The molecule has 0 unspecified atom stereocenters. The summed E-state index contributed by atoms with van der Waals surface area (Å²) in [6.45, 7) is 0. The van der Waals surface area contributed by atoms with Crippen LogP contribution in [0.5, 0.6) is 0 Å². The van der Waals surface area contributed by atoms with Crippen molar-refractivity contribution >= 4 is 17.4 Å². The quantitative estimate of drug-likeness (QED) is 0.632. The summed E-state index contributed by atoms with van der Waals surface area (Å²) in [6.07, 6.45) is 0.807. The van der Waals surface area contributed by atoms with Gasteiger partial charge in [-0.3, -0.25) is 9.98 Å². The number of rotatable bonds is 2. The molecule has 0 bridgehead atoms. The van der Waals surface area contributed by atoms with Gasteiger partial charge in [0.15, 0.2) is 5.84 Å². The van der Waals surface area contributed by atoms with Crippen molar-refractivity contribution in [3.05, 3.63) is 41.2 Å². The third-order valence-corrected chi connectivity index (χ3v) is 3.16. The molecule has 21 heavy (non-hydrogen) atoms. The van der Waals surface area contributed by atoms with Crippen LogP contribution in [0, 0.1) is 0 Å². The Hall–Kier alpha value is -1.96. The van der Waals surface area contributed by atoms with Crippen LogP contribution >= 0.6 is 11.6 Å². The van der Waals surface area contributed by atoms with Crippen molar-refractivity contribution < 1.29 is 13.2 Å². The molecule has 5 nitrogen and oxygen atoms in total. The zero-order valence-corrected chi connectivity index (χ0v) is 11.3. The van der Waals surface area contributed by atoms with Crippen LogP contribution in [0.3, 0.4) is 0 Å². The second-order valence-electron chi connectivity index (χ2n) is 4.58. The predicted octanol–water partition coefficient (Wildman–Crippen LogP) is 2.80. The maximum absolute atomic E-state index is 12.6. The molecule has 2 aromatic heterocycles. The maximum atomic E-state index is 12.6.